The number of carboxylic acid groups (broad SMARTS) is 1. The number of carboxylic acids is 1. The molecule has 0 aliphatic heterocycles. The van der Waals surface area contributed by atoms with Crippen LogP contribution in [0.25, 0.3) is 22.0 Å². The van der Waals surface area contributed by atoms with E-state index in [0.717, 1.165) is 11.6 Å². The van der Waals surface area contributed by atoms with Gasteiger partial charge in [0.25, 0.3) is 0 Å². The molecule has 41 heavy (non-hydrogen) atoms. The highest BCUT2D eigenvalue weighted by molar-refractivity contribution is 6.16. The molecule has 5 rings (SSSR count). The van der Waals surface area contributed by atoms with Crippen molar-refractivity contribution in [1.29, 1.82) is 0 Å². The number of fused-ring (bicyclic) bond motifs is 1. The zero-order chi connectivity index (χ0) is 29.1. The molecule has 1 heterocycles. The van der Waals surface area contributed by atoms with Gasteiger partial charge in [-0.15, -0.1) is 0 Å². The zero-order valence-corrected chi connectivity index (χ0v) is 21.9. The van der Waals surface area contributed by atoms with Crippen LogP contribution in [-0.2, 0) is 17.5 Å². The van der Waals surface area contributed by atoms with Crippen molar-refractivity contribution in [3.8, 4) is 11.1 Å². The Kier molecular flexibility index (Phi) is 7.57. The lowest BCUT2D eigenvalue weighted by molar-refractivity contribution is -0.138. The summed E-state index contributed by atoms with van der Waals surface area (Å²) in [6.45, 7) is 2.00. The van der Waals surface area contributed by atoms with Crippen molar-refractivity contribution in [3.63, 3.8) is 0 Å². The molecule has 0 saturated heterocycles. The average molecular weight is 555 g/mol. The SMILES string of the molecule is CC(C(=O)O)c1cccc(CNc2cccc(-c3c(C(=O)c4ccccc4)cnc4c(C(F)(F)F)cccc34)c2)c1. The number of rotatable bonds is 8. The minimum Gasteiger partial charge on any atom is -0.481 e. The molecule has 0 fully saturated rings. The number of anilines is 1. The second-order valence-electron chi connectivity index (χ2n) is 9.68. The van der Waals surface area contributed by atoms with Gasteiger partial charge in [-0.2, -0.15) is 13.2 Å². The van der Waals surface area contributed by atoms with Gasteiger partial charge < -0.3 is 10.4 Å². The number of halogens is 3. The van der Waals surface area contributed by atoms with E-state index in [1.807, 2.05) is 18.2 Å². The van der Waals surface area contributed by atoms with E-state index in [-0.39, 0.29) is 22.2 Å². The Hall–Kier alpha value is -4.98. The Balaban J connectivity index is 1.58. The number of benzene rings is 4. The number of carbonyl (C=O) groups excluding carboxylic acids is 1. The molecule has 4 aromatic carbocycles. The molecular formula is C33H25F3N2O3. The summed E-state index contributed by atoms with van der Waals surface area (Å²) in [4.78, 5) is 29.1. The van der Waals surface area contributed by atoms with Crippen LogP contribution in [0.3, 0.4) is 0 Å². The van der Waals surface area contributed by atoms with Gasteiger partial charge in [-0.3, -0.25) is 14.6 Å². The Bertz CT molecular complexity index is 1750. The van der Waals surface area contributed by atoms with Crippen LogP contribution >= 0.6 is 0 Å². The molecule has 1 atom stereocenters. The maximum Gasteiger partial charge on any atom is 0.418 e. The number of nitrogens with one attached hydrogen (secondary N) is 1. The number of alkyl halides is 3. The Labute approximate surface area is 234 Å². The largest absolute Gasteiger partial charge is 0.481 e. The lowest BCUT2D eigenvalue weighted by Crippen LogP contribution is -2.09. The molecule has 0 radical (unpaired) electrons. The van der Waals surface area contributed by atoms with Gasteiger partial charge in [0.05, 0.1) is 17.0 Å². The number of hydrogen-bond acceptors (Lipinski definition) is 4. The van der Waals surface area contributed by atoms with Crippen LogP contribution in [0.2, 0.25) is 0 Å². The molecule has 1 aromatic heterocycles. The molecule has 0 aliphatic carbocycles. The van der Waals surface area contributed by atoms with E-state index in [9.17, 15) is 27.9 Å². The minimum atomic E-state index is -4.62. The number of hydrogen-bond donors (Lipinski definition) is 2. The third-order valence-corrected chi connectivity index (χ3v) is 6.95. The lowest BCUT2D eigenvalue weighted by atomic mass is 9.91. The van der Waals surface area contributed by atoms with E-state index >= 15 is 0 Å². The molecule has 206 valence electrons. The summed E-state index contributed by atoms with van der Waals surface area (Å²) in [5.74, 6) is -1.92. The average Bonchev–Trinajstić information content (AvgIpc) is 2.98. The molecule has 0 aliphatic rings. The van der Waals surface area contributed by atoms with Crippen molar-refractivity contribution < 1.29 is 27.9 Å². The number of aromatic nitrogens is 1. The molecule has 0 spiro atoms. The molecule has 5 aromatic rings. The highest BCUT2D eigenvalue weighted by Gasteiger charge is 2.34. The number of aliphatic carboxylic acids is 1. The highest BCUT2D eigenvalue weighted by Crippen LogP contribution is 2.39. The molecule has 5 nitrogen and oxygen atoms in total. The van der Waals surface area contributed by atoms with E-state index in [0.29, 0.717) is 34.5 Å². The van der Waals surface area contributed by atoms with Crippen LogP contribution in [0.5, 0.6) is 0 Å². The second-order valence-corrected chi connectivity index (χ2v) is 9.68. The first kappa shape index (κ1) is 27.6. The first-order chi connectivity index (χ1) is 19.6. The Morgan fingerprint density at radius 1 is 0.902 bits per heavy atom. The van der Waals surface area contributed by atoms with Gasteiger partial charge in [0.1, 0.15) is 0 Å². The monoisotopic (exact) mass is 554 g/mol. The summed E-state index contributed by atoms with van der Waals surface area (Å²) in [7, 11) is 0. The van der Waals surface area contributed by atoms with Crippen molar-refractivity contribution in [3.05, 3.63) is 131 Å². The maximum absolute atomic E-state index is 13.9. The summed E-state index contributed by atoms with van der Waals surface area (Å²) in [6.07, 6.45) is -3.40. The number of pyridine rings is 1. The molecule has 0 bridgehead atoms. The summed E-state index contributed by atoms with van der Waals surface area (Å²) in [5.41, 5.74) is 2.60. The zero-order valence-electron chi connectivity index (χ0n) is 21.9. The predicted octanol–water partition coefficient (Wildman–Crippen LogP) is 7.95. The van der Waals surface area contributed by atoms with Crippen LogP contribution in [0.4, 0.5) is 18.9 Å². The van der Waals surface area contributed by atoms with E-state index in [1.165, 1.54) is 12.3 Å². The molecule has 0 amide bonds. The van der Waals surface area contributed by atoms with E-state index in [2.05, 4.69) is 10.3 Å². The number of para-hydroxylation sites is 1. The van der Waals surface area contributed by atoms with Crippen LogP contribution in [0.1, 0.15) is 45.5 Å². The van der Waals surface area contributed by atoms with E-state index in [4.69, 9.17) is 0 Å². The fourth-order valence-corrected chi connectivity index (χ4v) is 4.78. The molecule has 2 N–H and O–H groups in total. The highest BCUT2D eigenvalue weighted by atomic mass is 19.4. The Morgan fingerprint density at radius 3 is 2.37 bits per heavy atom. The van der Waals surface area contributed by atoms with Gasteiger partial charge in [0.2, 0.25) is 0 Å². The molecule has 0 saturated carbocycles. The molecule has 8 heteroatoms. The Morgan fingerprint density at radius 2 is 1.63 bits per heavy atom. The predicted molar refractivity (Wildman–Crippen MR) is 152 cm³/mol. The third kappa shape index (κ3) is 5.82. The van der Waals surface area contributed by atoms with Gasteiger partial charge in [-0.1, -0.05) is 78.9 Å². The van der Waals surface area contributed by atoms with Crippen LogP contribution in [0.15, 0.2) is 103 Å². The van der Waals surface area contributed by atoms with Crippen LogP contribution < -0.4 is 5.32 Å². The summed E-state index contributed by atoms with van der Waals surface area (Å²) in [5, 5.41) is 12.9. The smallest absolute Gasteiger partial charge is 0.418 e. The van der Waals surface area contributed by atoms with Gasteiger partial charge in [0, 0.05) is 40.5 Å². The molecular weight excluding hydrogens is 529 g/mol. The van der Waals surface area contributed by atoms with Crippen LogP contribution in [0, 0.1) is 0 Å². The number of ketones is 1. The van der Waals surface area contributed by atoms with Crippen molar-refractivity contribution in [2.45, 2.75) is 25.6 Å². The topological polar surface area (TPSA) is 79.3 Å². The van der Waals surface area contributed by atoms with Gasteiger partial charge in [-0.05, 0) is 41.8 Å². The first-order valence-electron chi connectivity index (χ1n) is 12.9. The minimum absolute atomic E-state index is 0.190. The van der Waals surface area contributed by atoms with Crippen molar-refractivity contribution in [2.75, 3.05) is 5.32 Å². The lowest BCUT2D eigenvalue weighted by Gasteiger charge is -2.17. The van der Waals surface area contributed by atoms with Gasteiger partial charge >= 0.3 is 12.1 Å². The summed E-state index contributed by atoms with van der Waals surface area (Å²) >= 11 is 0. The number of nitrogens with zero attached hydrogens (tertiary/aromatic N) is 1. The third-order valence-electron chi connectivity index (χ3n) is 6.95. The molecule has 1 unspecified atom stereocenters. The van der Waals surface area contributed by atoms with E-state index < -0.39 is 23.6 Å². The maximum atomic E-state index is 13.9. The van der Waals surface area contributed by atoms with Crippen molar-refractivity contribution in [1.82, 2.24) is 4.98 Å². The van der Waals surface area contributed by atoms with Crippen molar-refractivity contribution >= 4 is 28.3 Å². The summed E-state index contributed by atoms with van der Waals surface area (Å²) in [6, 6.07) is 26.7. The van der Waals surface area contributed by atoms with Crippen LogP contribution in [-0.4, -0.2) is 21.8 Å². The van der Waals surface area contributed by atoms with E-state index in [1.54, 1.807) is 73.7 Å². The second kappa shape index (κ2) is 11.3. The van der Waals surface area contributed by atoms with Gasteiger partial charge in [0.15, 0.2) is 5.78 Å². The first-order valence-corrected chi connectivity index (χ1v) is 12.9. The standard InChI is InChI=1S/C33H25F3N2O3/c1-20(32(40)41)23-11-5-8-21(16-23)18-37-25-13-6-12-24(17-25)29-26-14-7-15-28(33(34,35)36)30(26)38-19-27(29)31(39)22-9-3-2-4-10-22/h2-17,19-20,37H,18H2,1H3,(H,40,41). The fourth-order valence-electron chi connectivity index (χ4n) is 4.78. The summed E-state index contributed by atoms with van der Waals surface area (Å²) < 4.78 is 41.6. The van der Waals surface area contributed by atoms with Crippen molar-refractivity contribution in [2.24, 2.45) is 0 Å². The normalized spacial score (nSPS) is 12.2. The quantitative estimate of drug-likeness (QED) is 0.190. The number of carbonyl (C=O) groups is 2. The van der Waals surface area contributed by atoms with Gasteiger partial charge in [-0.25, -0.2) is 0 Å². The fraction of sp³-hybridized carbons (Fsp3) is 0.121.